The van der Waals surface area contributed by atoms with Gasteiger partial charge in [-0.1, -0.05) is 59.6 Å². The first-order chi connectivity index (χ1) is 23.8. The molecule has 2 atom stereocenters. The Morgan fingerprint density at radius 2 is 1.43 bits per heavy atom. The number of halogens is 2. The molecule has 12 heteroatoms. The number of amides is 2. The van der Waals surface area contributed by atoms with Crippen LogP contribution in [0.25, 0.3) is 22.4 Å². The van der Waals surface area contributed by atoms with Crippen molar-refractivity contribution in [3.05, 3.63) is 88.0 Å². The van der Waals surface area contributed by atoms with Crippen LogP contribution >= 0.6 is 23.2 Å². The zero-order chi connectivity index (χ0) is 34.3. The van der Waals surface area contributed by atoms with Gasteiger partial charge in [-0.05, 0) is 37.1 Å². The Morgan fingerprint density at radius 1 is 0.776 bits per heavy atom. The summed E-state index contributed by atoms with van der Waals surface area (Å²) >= 11 is 14.1. The van der Waals surface area contributed by atoms with Crippen molar-refractivity contribution in [1.29, 1.82) is 0 Å². The molecule has 0 bridgehead atoms. The van der Waals surface area contributed by atoms with Crippen LogP contribution in [0.1, 0.15) is 36.8 Å². The standard InChI is InChI=1S/C37H40Cl2N6O4/c1-48-31-17-22(9-10-23(31)18-40-20-25-11-13-32(46)43-25)36-35(39)28(15-16-42-36)27-6-4-7-29(34(27)38)45-30-8-3-5-24(37(30)49-2)19-41-21-26-12-14-33(47)44-26/h3-10,15-17,25-26,40-41,45H,11-14,18-21H2,1-2H3,(H,43,46)(H,44,47)/t25-,26-/m0/s1. The second-order valence-corrected chi connectivity index (χ2v) is 13.0. The van der Waals surface area contributed by atoms with Crippen LogP contribution in [-0.2, 0) is 22.7 Å². The van der Waals surface area contributed by atoms with Gasteiger partial charge < -0.3 is 36.1 Å². The molecule has 2 aliphatic heterocycles. The lowest BCUT2D eigenvalue weighted by atomic mass is 10.0. The molecule has 3 heterocycles. The molecular weight excluding hydrogens is 663 g/mol. The number of para-hydroxylation sites is 1. The average Bonchev–Trinajstić information content (AvgIpc) is 3.73. The number of nitrogens with one attached hydrogen (secondary N) is 5. The maximum absolute atomic E-state index is 11.5. The second-order valence-electron chi connectivity index (χ2n) is 12.2. The molecule has 0 saturated carbocycles. The quantitative estimate of drug-likeness (QED) is 0.105. The summed E-state index contributed by atoms with van der Waals surface area (Å²) in [5, 5.41) is 17.3. The Kier molecular flexibility index (Phi) is 11.2. The van der Waals surface area contributed by atoms with E-state index in [9.17, 15) is 9.59 Å². The summed E-state index contributed by atoms with van der Waals surface area (Å²) in [6.45, 7) is 2.55. The van der Waals surface area contributed by atoms with Crippen LogP contribution in [-0.4, -0.2) is 56.2 Å². The van der Waals surface area contributed by atoms with Crippen molar-refractivity contribution in [2.24, 2.45) is 0 Å². The van der Waals surface area contributed by atoms with Crippen molar-refractivity contribution < 1.29 is 19.1 Å². The summed E-state index contributed by atoms with van der Waals surface area (Å²) in [6.07, 6.45) is 4.56. The van der Waals surface area contributed by atoms with Gasteiger partial charge in [0, 0.05) is 85.1 Å². The molecule has 2 saturated heterocycles. The van der Waals surface area contributed by atoms with Crippen molar-refractivity contribution in [3.63, 3.8) is 0 Å². The summed E-state index contributed by atoms with van der Waals surface area (Å²) in [7, 11) is 3.29. The molecule has 10 nitrogen and oxygen atoms in total. The van der Waals surface area contributed by atoms with E-state index in [-0.39, 0.29) is 23.9 Å². The summed E-state index contributed by atoms with van der Waals surface area (Å²) < 4.78 is 11.6. The number of pyridine rings is 1. The fraction of sp³-hybridized carbons (Fsp3) is 0.324. The van der Waals surface area contributed by atoms with Crippen LogP contribution in [0.15, 0.2) is 66.9 Å². The predicted octanol–water partition coefficient (Wildman–Crippen LogP) is 6.22. The molecule has 256 valence electrons. The van der Waals surface area contributed by atoms with E-state index >= 15 is 0 Å². The number of benzene rings is 3. The summed E-state index contributed by atoms with van der Waals surface area (Å²) in [5.41, 5.74) is 6.35. The molecule has 6 rings (SSSR count). The Labute approximate surface area is 296 Å². The van der Waals surface area contributed by atoms with Crippen LogP contribution in [0.5, 0.6) is 11.5 Å². The number of anilines is 2. The van der Waals surface area contributed by atoms with Gasteiger partial charge in [0.15, 0.2) is 0 Å². The highest BCUT2D eigenvalue weighted by Gasteiger charge is 2.22. The number of aromatic nitrogens is 1. The van der Waals surface area contributed by atoms with Crippen molar-refractivity contribution in [3.8, 4) is 33.9 Å². The molecule has 0 unspecified atom stereocenters. The summed E-state index contributed by atoms with van der Waals surface area (Å²) in [4.78, 5) is 27.7. The first-order valence-corrected chi connectivity index (χ1v) is 17.1. The number of hydrogen-bond acceptors (Lipinski definition) is 8. The Hall–Kier alpha value is -4.35. The molecule has 5 N–H and O–H groups in total. The molecule has 2 amide bonds. The smallest absolute Gasteiger partial charge is 0.220 e. The SMILES string of the molecule is COc1cc(-c2nccc(-c3cccc(Nc4cccc(CNC[C@@H]5CCC(=O)N5)c4OC)c3Cl)c2Cl)ccc1CNC[C@@H]1CCC(=O)N1. The lowest BCUT2D eigenvalue weighted by Gasteiger charge is -2.18. The first kappa shape index (κ1) is 34.5. The third kappa shape index (κ3) is 8.11. The fourth-order valence-corrected chi connectivity index (χ4v) is 6.96. The topological polar surface area (TPSA) is 126 Å². The average molecular weight is 704 g/mol. The van der Waals surface area contributed by atoms with Gasteiger partial charge in [-0.2, -0.15) is 0 Å². The van der Waals surface area contributed by atoms with Crippen LogP contribution < -0.4 is 36.1 Å². The third-order valence-electron chi connectivity index (χ3n) is 8.89. The summed E-state index contributed by atoms with van der Waals surface area (Å²) in [6, 6.07) is 19.7. The van der Waals surface area contributed by atoms with Gasteiger partial charge in [-0.3, -0.25) is 14.6 Å². The molecule has 2 fully saturated rings. The molecule has 1 aromatic heterocycles. The minimum Gasteiger partial charge on any atom is -0.496 e. The minimum absolute atomic E-state index is 0.103. The molecule has 3 aromatic carbocycles. The Morgan fingerprint density at radius 3 is 2.08 bits per heavy atom. The van der Waals surface area contributed by atoms with Gasteiger partial charge in [0.1, 0.15) is 11.5 Å². The molecule has 4 aromatic rings. The molecule has 0 spiro atoms. The van der Waals surface area contributed by atoms with Crippen LogP contribution in [0.3, 0.4) is 0 Å². The fourth-order valence-electron chi connectivity index (χ4n) is 6.36. The maximum atomic E-state index is 11.5. The number of methoxy groups -OCH3 is 2. The van der Waals surface area contributed by atoms with Gasteiger partial charge >= 0.3 is 0 Å². The highest BCUT2D eigenvalue weighted by atomic mass is 35.5. The van der Waals surface area contributed by atoms with Gasteiger partial charge in [0.25, 0.3) is 0 Å². The largest absolute Gasteiger partial charge is 0.496 e. The lowest BCUT2D eigenvalue weighted by molar-refractivity contribution is -0.120. The predicted molar refractivity (Wildman–Crippen MR) is 194 cm³/mol. The maximum Gasteiger partial charge on any atom is 0.220 e. The van der Waals surface area contributed by atoms with E-state index in [0.717, 1.165) is 46.3 Å². The van der Waals surface area contributed by atoms with E-state index in [1.165, 1.54) is 0 Å². The van der Waals surface area contributed by atoms with E-state index in [4.69, 9.17) is 32.7 Å². The van der Waals surface area contributed by atoms with E-state index in [1.807, 2.05) is 60.7 Å². The number of hydrogen-bond donors (Lipinski definition) is 5. The Bertz CT molecular complexity index is 1840. The monoisotopic (exact) mass is 702 g/mol. The molecular formula is C37H40Cl2N6O4. The third-order valence-corrected chi connectivity index (χ3v) is 9.68. The van der Waals surface area contributed by atoms with E-state index in [1.54, 1.807) is 20.4 Å². The van der Waals surface area contributed by atoms with Crippen molar-refractivity contribution in [1.82, 2.24) is 26.3 Å². The van der Waals surface area contributed by atoms with Crippen molar-refractivity contribution in [2.75, 3.05) is 32.6 Å². The van der Waals surface area contributed by atoms with Gasteiger partial charge in [-0.15, -0.1) is 0 Å². The molecule has 0 aliphatic carbocycles. The number of nitrogens with zero attached hydrogens (tertiary/aromatic N) is 1. The van der Waals surface area contributed by atoms with Crippen LogP contribution in [0.4, 0.5) is 11.4 Å². The number of ether oxygens (including phenoxy) is 2. The van der Waals surface area contributed by atoms with Gasteiger partial charge in [0.05, 0.1) is 41.3 Å². The summed E-state index contributed by atoms with van der Waals surface area (Å²) in [5.74, 6) is 1.62. The number of carbonyl (C=O) groups is 2. The lowest BCUT2D eigenvalue weighted by Crippen LogP contribution is -2.35. The number of carbonyl (C=O) groups excluding carboxylic acids is 2. The van der Waals surface area contributed by atoms with Crippen molar-refractivity contribution >= 4 is 46.4 Å². The molecule has 0 radical (unpaired) electrons. The van der Waals surface area contributed by atoms with E-state index in [2.05, 4.69) is 31.6 Å². The molecule has 2 aliphatic rings. The minimum atomic E-state index is 0.103. The number of rotatable bonds is 14. The zero-order valence-corrected chi connectivity index (χ0v) is 29.0. The van der Waals surface area contributed by atoms with E-state index < -0.39 is 0 Å². The molecule has 49 heavy (non-hydrogen) atoms. The highest BCUT2D eigenvalue weighted by molar-refractivity contribution is 6.39. The van der Waals surface area contributed by atoms with E-state index in [0.29, 0.717) is 71.9 Å². The Balaban J connectivity index is 1.19. The van der Waals surface area contributed by atoms with Gasteiger partial charge in [0.2, 0.25) is 11.8 Å². The van der Waals surface area contributed by atoms with Crippen LogP contribution in [0.2, 0.25) is 10.0 Å². The first-order valence-electron chi connectivity index (χ1n) is 16.4. The highest BCUT2D eigenvalue weighted by Crippen LogP contribution is 2.42. The normalized spacial score (nSPS) is 17.1. The van der Waals surface area contributed by atoms with Gasteiger partial charge in [-0.25, -0.2) is 0 Å². The van der Waals surface area contributed by atoms with Crippen LogP contribution in [0, 0.1) is 0 Å². The van der Waals surface area contributed by atoms with Crippen molar-refractivity contribution in [2.45, 2.75) is 50.9 Å². The zero-order valence-electron chi connectivity index (χ0n) is 27.5. The second kappa shape index (κ2) is 15.9.